The van der Waals surface area contributed by atoms with Crippen LogP contribution in [0.15, 0.2) is 53.4 Å². The van der Waals surface area contributed by atoms with Crippen molar-refractivity contribution >= 4 is 44.4 Å². The second-order valence-electron chi connectivity index (χ2n) is 7.68. The molecule has 0 atom stereocenters. The fraction of sp³-hybridized carbons (Fsp3) is 0.435. The van der Waals surface area contributed by atoms with Crippen molar-refractivity contribution in [2.75, 3.05) is 24.5 Å². The second-order valence-corrected chi connectivity index (χ2v) is 10.5. The molecule has 1 aliphatic rings. The molecule has 2 aromatic carbocycles. The van der Waals surface area contributed by atoms with Crippen LogP contribution in [-0.4, -0.2) is 39.0 Å². The molecule has 0 aromatic heterocycles. The number of carbonyl (C=O) groups excluding carboxylic acids is 1. The predicted molar refractivity (Wildman–Crippen MR) is 131 cm³/mol. The Balaban J connectivity index is 1.56. The van der Waals surface area contributed by atoms with Gasteiger partial charge in [-0.1, -0.05) is 45.1 Å². The van der Waals surface area contributed by atoms with E-state index in [2.05, 4.69) is 29.5 Å². The zero-order valence-electron chi connectivity index (χ0n) is 17.8. The lowest BCUT2D eigenvalue weighted by molar-refractivity contribution is 0.219. The molecule has 2 amide bonds. The van der Waals surface area contributed by atoms with Crippen molar-refractivity contribution in [1.82, 2.24) is 4.90 Å². The maximum atomic E-state index is 12.7. The maximum absolute atomic E-state index is 12.7. The molecule has 31 heavy (non-hydrogen) atoms. The average molecular weight is 556 g/mol. The van der Waals surface area contributed by atoms with E-state index in [0.717, 1.165) is 23.0 Å². The number of hydrogen-bond acceptors (Lipinski definition) is 4. The second kappa shape index (κ2) is 11.2. The summed E-state index contributed by atoms with van der Waals surface area (Å²) in [5.41, 5.74) is 0.698. The minimum absolute atomic E-state index is 0.0146. The van der Waals surface area contributed by atoms with Crippen LogP contribution in [-0.2, 0) is 10.1 Å². The SMILES string of the molecule is CCCCCCCCN1CCN(c2ccc(S(=O)(=O)Oc3cccc(I)c3)cc2)C1=O. The Morgan fingerprint density at radius 3 is 2.39 bits per heavy atom. The molecule has 0 N–H and O–H groups in total. The lowest BCUT2D eigenvalue weighted by Gasteiger charge is -2.19. The summed E-state index contributed by atoms with van der Waals surface area (Å²) < 4.78 is 31.2. The first-order chi connectivity index (χ1) is 14.9. The molecular weight excluding hydrogens is 527 g/mol. The number of halogens is 1. The number of rotatable bonds is 11. The Morgan fingerprint density at radius 1 is 0.968 bits per heavy atom. The van der Waals surface area contributed by atoms with E-state index in [1.54, 1.807) is 35.2 Å². The lowest BCUT2D eigenvalue weighted by Crippen LogP contribution is -2.32. The number of benzene rings is 2. The molecule has 3 rings (SSSR count). The molecule has 0 aliphatic carbocycles. The molecule has 0 saturated carbocycles. The molecule has 6 nitrogen and oxygen atoms in total. The van der Waals surface area contributed by atoms with Gasteiger partial charge in [0.15, 0.2) is 0 Å². The Hall–Kier alpha value is -1.81. The van der Waals surface area contributed by atoms with E-state index in [1.807, 2.05) is 11.0 Å². The third-order valence-electron chi connectivity index (χ3n) is 5.32. The monoisotopic (exact) mass is 556 g/mol. The molecule has 1 fully saturated rings. The summed E-state index contributed by atoms with van der Waals surface area (Å²) >= 11 is 2.10. The van der Waals surface area contributed by atoms with Crippen molar-refractivity contribution < 1.29 is 17.4 Å². The van der Waals surface area contributed by atoms with Crippen LogP contribution in [0.3, 0.4) is 0 Å². The Bertz CT molecular complexity index is 979. The number of nitrogens with zero attached hydrogens (tertiary/aromatic N) is 2. The highest BCUT2D eigenvalue weighted by Gasteiger charge is 2.29. The van der Waals surface area contributed by atoms with Gasteiger partial charge in [-0.05, 0) is 71.5 Å². The Labute approximate surface area is 198 Å². The first kappa shape index (κ1) is 23.8. The van der Waals surface area contributed by atoms with Crippen molar-refractivity contribution in [2.45, 2.75) is 50.3 Å². The zero-order valence-corrected chi connectivity index (χ0v) is 20.8. The van der Waals surface area contributed by atoms with Crippen molar-refractivity contribution in [2.24, 2.45) is 0 Å². The topological polar surface area (TPSA) is 66.9 Å². The van der Waals surface area contributed by atoms with Gasteiger partial charge in [-0.25, -0.2) is 4.79 Å². The first-order valence-corrected chi connectivity index (χ1v) is 13.3. The summed E-state index contributed by atoms with van der Waals surface area (Å²) in [6.45, 7) is 4.29. The van der Waals surface area contributed by atoms with Crippen LogP contribution in [0.1, 0.15) is 45.4 Å². The average Bonchev–Trinajstić information content (AvgIpc) is 3.11. The Kier molecular flexibility index (Phi) is 8.59. The van der Waals surface area contributed by atoms with Gasteiger partial charge in [0.25, 0.3) is 0 Å². The molecule has 1 aliphatic heterocycles. The van der Waals surface area contributed by atoms with E-state index < -0.39 is 10.1 Å². The highest BCUT2D eigenvalue weighted by atomic mass is 127. The molecule has 1 saturated heterocycles. The minimum atomic E-state index is -3.93. The van der Waals surface area contributed by atoms with Crippen molar-refractivity contribution in [1.29, 1.82) is 0 Å². The molecule has 8 heteroatoms. The summed E-state index contributed by atoms with van der Waals surface area (Å²) in [4.78, 5) is 16.4. The van der Waals surface area contributed by atoms with Crippen LogP contribution in [0.5, 0.6) is 5.75 Å². The highest BCUT2D eigenvalue weighted by Crippen LogP contribution is 2.25. The van der Waals surface area contributed by atoms with Gasteiger partial charge in [-0.2, -0.15) is 8.42 Å². The van der Waals surface area contributed by atoms with Gasteiger partial charge in [0.2, 0.25) is 0 Å². The summed E-state index contributed by atoms with van der Waals surface area (Å²) in [5.74, 6) is 0.274. The quantitative estimate of drug-likeness (QED) is 0.204. The Morgan fingerprint density at radius 2 is 1.68 bits per heavy atom. The van der Waals surface area contributed by atoms with Crippen LogP contribution in [0.25, 0.3) is 0 Å². The molecule has 0 spiro atoms. The van der Waals surface area contributed by atoms with Gasteiger partial charge in [-0.15, -0.1) is 0 Å². The van der Waals surface area contributed by atoms with E-state index >= 15 is 0 Å². The van der Waals surface area contributed by atoms with Gasteiger partial charge < -0.3 is 9.08 Å². The summed E-state index contributed by atoms with van der Waals surface area (Å²) in [7, 11) is -3.93. The van der Waals surface area contributed by atoms with Crippen LogP contribution in [0.4, 0.5) is 10.5 Å². The van der Waals surface area contributed by atoms with Gasteiger partial charge in [0, 0.05) is 28.9 Å². The molecule has 2 aromatic rings. The van der Waals surface area contributed by atoms with Crippen molar-refractivity contribution in [3.8, 4) is 5.75 Å². The first-order valence-electron chi connectivity index (χ1n) is 10.8. The number of anilines is 1. The van der Waals surface area contributed by atoms with Crippen LogP contribution >= 0.6 is 22.6 Å². The smallest absolute Gasteiger partial charge is 0.339 e. The highest BCUT2D eigenvalue weighted by molar-refractivity contribution is 14.1. The number of carbonyl (C=O) groups is 1. The van der Waals surface area contributed by atoms with Gasteiger partial charge in [0.05, 0.1) is 0 Å². The van der Waals surface area contributed by atoms with E-state index in [9.17, 15) is 13.2 Å². The summed E-state index contributed by atoms with van der Waals surface area (Å²) in [6.07, 6.45) is 7.17. The molecule has 0 radical (unpaired) electrons. The fourth-order valence-electron chi connectivity index (χ4n) is 3.60. The van der Waals surface area contributed by atoms with Crippen LogP contribution in [0, 0.1) is 3.57 Å². The molecule has 0 unspecified atom stereocenters. The van der Waals surface area contributed by atoms with Crippen LogP contribution < -0.4 is 9.08 Å². The van der Waals surface area contributed by atoms with E-state index in [1.165, 1.54) is 37.8 Å². The molecular formula is C23H29IN2O4S. The van der Waals surface area contributed by atoms with E-state index in [0.29, 0.717) is 18.8 Å². The van der Waals surface area contributed by atoms with Gasteiger partial charge >= 0.3 is 16.1 Å². The zero-order chi connectivity index (χ0) is 22.3. The fourth-order valence-corrected chi connectivity index (χ4v) is 5.04. The normalized spacial score (nSPS) is 14.3. The van der Waals surface area contributed by atoms with Crippen LogP contribution in [0.2, 0.25) is 0 Å². The van der Waals surface area contributed by atoms with Gasteiger partial charge in [0.1, 0.15) is 10.6 Å². The number of hydrogen-bond donors (Lipinski definition) is 0. The van der Waals surface area contributed by atoms with Crippen molar-refractivity contribution in [3.05, 3.63) is 52.1 Å². The standard InChI is InChI=1S/C23H29IN2O4S/c1-2-3-4-5-6-7-15-25-16-17-26(23(25)27)20-11-13-22(14-12-20)31(28,29)30-21-10-8-9-19(24)18-21/h8-14,18H,2-7,15-17H2,1H3. The number of unbranched alkanes of at least 4 members (excludes halogenated alkanes) is 5. The lowest BCUT2D eigenvalue weighted by atomic mass is 10.1. The molecule has 0 bridgehead atoms. The summed E-state index contributed by atoms with van der Waals surface area (Å²) in [5, 5.41) is 0. The third-order valence-corrected chi connectivity index (χ3v) is 7.25. The maximum Gasteiger partial charge on any atom is 0.339 e. The predicted octanol–water partition coefficient (Wildman–Crippen LogP) is 5.66. The van der Waals surface area contributed by atoms with Crippen molar-refractivity contribution in [3.63, 3.8) is 0 Å². The minimum Gasteiger partial charge on any atom is -0.379 e. The summed E-state index contributed by atoms with van der Waals surface area (Å²) in [6, 6.07) is 13.2. The third kappa shape index (κ3) is 6.58. The largest absolute Gasteiger partial charge is 0.379 e. The molecule has 168 valence electrons. The molecule has 1 heterocycles. The van der Waals surface area contributed by atoms with Gasteiger partial charge in [-0.3, -0.25) is 4.90 Å². The van der Waals surface area contributed by atoms with E-state index in [-0.39, 0.29) is 16.7 Å². The number of urea groups is 1. The number of amides is 2. The van der Waals surface area contributed by atoms with E-state index in [4.69, 9.17) is 4.18 Å².